The van der Waals surface area contributed by atoms with Crippen LogP contribution in [-0.4, -0.2) is 6.61 Å². The Hall–Kier alpha value is -1.74. The maximum absolute atomic E-state index is 13.5. The first-order chi connectivity index (χ1) is 9.65. The minimum atomic E-state index is -0.412. The van der Waals surface area contributed by atoms with Crippen LogP contribution in [0.5, 0.6) is 5.75 Å². The molecular formula is C16H15ClFNO. The Morgan fingerprint density at radius 3 is 2.85 bits per heavy atom. The fourth-order valence-electron chi connectivity index (χ4n) is 2.48. The van der Waals surface area contributed by atoms with E-state index in [2.05, 4.69) is 12.2 Å². The third-order valence-corrected chi connectivity index (χ3v) is 3.87. The van der Waals surface area contributed by atoms with Crippen LogP contribution in [0, 0.1) is 11.7 Å². The first-order valence-corrected chi connectivity index (χ1v) is 6.96. The molecular weight excluding hydrogens is 277 g/mol. The lowest BCUT2D eigenvalue weighted by Gasteiger charge is -2.32. The van der Waals surface area contributed by atoms with Crippen LogP contribution in [0.25, 0.3) is 0 Å². The third-order valence-electron chi connectivity index (χ3n) is 3.57. The number of anilines is 1. The van der Waals surface area contributed by atoms with Gasteiger partial charge in [-0.1, -0.05) is 36.7 Å². The Morgan fingerprint density at radius 2 is 2.05 bits per heavy atom. The molecule has 1 aliphatic heterocycles. The maximum Gasteiger partial charge on any atom is 0.143 e. The van der Waals surface area contributed by atoms with Crippen molar-refractivity contribution in [3.8, 4) is 5.75 Å². The monoisotopic (exact) mass is 291 g/mol. The molecule has 0 fully saturated rings. The van der Waals surface area contributed by atoms with Crippen molar-refractivity contribution in [1.82, 2.24) is 0 Å². The van der Waals surface area contributed by atoms with Gasteiger partial charge in [0.15, 0.2) is 0 Å². The SMILES string of the molecule is CC1COc2ccccc2C1Nc1ccc(Cl)c(F)c1. The zero-order valence-corrected chi connectivity index (χ0v) is 11.8. The molecule has 3 rings (SSSR count). The average molecular weight is 292 g/mol. The molecule has 2 atom stereocenters. The van der Waals surface area contributed by atoms with Gasteiger partial charge in [0.2, 0.25) is 0 Å². The number of hydrogen-bond donors (Lipinski definition) is 1. The predicted octanol–water partition coefficient (Wildman–Crippen LogP) is 4.66. The van der Waals surface area contributed by atoms with Gasteiger partial charge in [-0.25, -0.2) is 4.39 Å². The first-order valence-electron chi connectivity index (χ1n) is 6.58. The molecule has 0 spiro atoms. The van der Waals surface area contributed by atoms with Gasteiger partial charge in [0.1, 0.15) is 11.6 Å². The summed E-state index contributed by atoms with van der Waals surface area (Å²) in [6.07, 6.45) is 0. The van der Waals surface area contributed by atoms with Crippen molar-refractivity contribution in [3.05, 3.63) is 58.9 Å². The zero-order valence-electron chi connectivity index (χ0n) is 11.1. The molecule has 0 saturated carbocycles. The summed E-state index contributed by atoms with van der Waals surface area (Å²) < 4.78 is 19.2. The lowest BCUT2D eigenvalue weighted by molar-refractivity contribution is 0.214. The molecule has 0 aromatic heterocycles. The molecule has 2 nitrogen and oxygen atoms in total. The van der Waals surface area contributed by atoms with Crippen molar-refractivity contribution in [2.45, 2.75) is 13.0 Å². The Kier molecular flexibility index (Phi) is 3.53. The standard InChI is InChI=1S/C16H15ClFNO/c1-10-9-20-15-5-3-2-4-12(15)16(10)19-11-6-7-13(17)14(18)8-11/h2-8,10,16,19H,9H2,1H3. The van der Waals surface area contributed by atoms with Gasteiger partial charge in [-0.2, -0.15) is 0 Å². The minimum Gasteiger partial charge on any atom is -0.493 e. The van der Waals surface area contributed by atoms with E-state index in [1.165, 1.54) is 6.07 Å². The van der Waals surface area contributed by atoms with Crippen LogP contribution in [0.2, 0.25) is 5.02 Å². The molecule has 4 heteroatoms. The molecule has 0 saturated heterocycles. The molecule has 0 bridgehead atoms. The minimum absolute atomic E-state index is 0.0977. The van der Waals surface area contributed by atoms with E-state index in [9.17, 15) is 4.39 Å². The van der Waals surface area contributed by atoms with E-state index in [1.54, 1.807) is 12.1 Å². The summed E-state index contributed by atoms with van der Waals surface area (Å²) >= 11 is 5.71. The van der Waals surface area contributed by atoms with Gasteiger partial charge in [0.25, 0.3) is 0 Å². The van der Waals surface area contributed by atoms with Gasteiger partial charge in [-0.3, -0.25) is 0 Å². The fourth-order valence-corrected chi connectivity index (χ4v) is 2.60. The second-order valence-electron chi connectivity index (χ2n) is 5.08. The summed E-state index contributed by atoms with van der Waals surface area (Å²) in [5.74, 6) is 0.769. The van der Waals surface area contributed by atoms with Crippen LogP contribution in [0.15, 0.2) is 42.5 Å². The van der Waals surface area contributed by atoms with Crippen LogP contribution in [0.1, 0.15) is 18.5 Å². The van der Waals surface area contributed by atoms with Gasteiger partial charge >= 0.3 is 0 Å². The normalized spacial score (nSPS) is 20.9. The van der Waals surface area contributed by atoms with E-state index in [-0.39, 0.29) is 11.1 Å². The smallest absolute Gasteiger partial charge is 0.143 e. The van der Waals surface area contributed by atoms with E-state index in [4.69, 9.17) is 16.3 Å². The molecule has 0 aliphatic carbocycles. The number of fused-ring (bicyclic) bond motifs is 1. The summed E-state index contributed by atoms with van der Waals surface area (Å²) in [6.45, 7) is 2.75. The van der Waals surface area contributed by atoms with E-state index < -0.39 is 5.82 Å². The van der Waals surface area contributed by atoms with Crippen LogP contribution >= 0.6 is 11.6 Å². The lowest BCUT2D eigenvalue weighted by atomic mass is 9.92. The van der Waals surface area contributed by atoms with Gasteiger partial charge in [-0.15, -0.1) is 0 Å². The molecule has 2 aromatic carbocycles. The summed E-state index contributed by atoms with van der Waals surface area (Å²) in [5, 5.41) is 3.51. The molecule has 104 valence electrons. The van der Waals surface area contributed by atoms with Crippen LogP contribution < -0.4 is 10.1 Å². The van der Waals surface area contributed by atoms with E-state index >= 15 is 0 Å². The molecule has 0 amide bonds. The van der Waals surface area contributed by atoms with E-state index in [0.717, 1.165) is 17.0 Å². The predicted molar refractivity (Wildman–Crippen MR) is 78.9 cm³/mol. The molecule has 20 heavy (non-hydrogen) atoms. The Labute approximate surface area is 122 Å². The maximum atomic E-state index is 13.5. The van der Waals surface area contributed by atoms with Crippen LogP contribution in [0.3, 0.4) is 0 Å². The van der Waals surface area contributed by atoms with Crippen molar-refractivity contribution < 1.29 is 9.13 Å². The second-order valence-corrected chi connectivity index (χ2v) is 5.48. The van der Waals surface area contributed by atoms with Crippen molar-refractivity contribution in [2.24, 2.45) is 5.92 Å². The highest BCUT2D eigenvalue weighted by atomic mass is 35.5. The highest BCUT2D eigenvalue weighted by Gasteiger charge is 2.27. The Balaban J connectivity index is 1.91. The molecule has 2 aromatic rings. The van der Waals surface area contributed by atoms with Gasteiger partial charge < -0.3 is 10.1 Å². The molecule has 1 heterocycles. The fraction of sp³-hybridized carbons (Fsp3) is 0.250. The van der Waals surface area contributed by atoms with Gasteiger partial charge in [-0.05, 0) is 24.3 Å². The third kappa shape index (κ3) is 2.46. The van der Waals surface area contributed by atoms with Crippen LogP contribution in [0.4, 0.5) is 10.1 Å². The number of ether oxygens (including phenoxy) is 1. The number of benzene rings is 2. The summed E-state index contributed by atoms with van der Waals surface area (Å²) in [5.41, 5.74) is 1.82. The quantitative estimate of drug-likeness (QED) is 0.869. The summed E-state index contributed by atoms with van der Waals surface area (Å²) in [6, 6.07) is 12.8. The van der Waals surface area contributed by atoms with Crippen molar-refractivity contribution in [2.75, 3.05) is 11.9 Å². The highest BCUT2D eigenvalue weighted by Crippen LogP contribution is 2.37. The number of para-hydroxylation sites is 1. The Morgan fingerprint density at radius 1 is 1.25 bits per heavy atom. The number of nitrogens with one attached hydrogen (secondary N) is 1. The van der Waals surface area contributed by atoms with Gasteiger partial charge in [0.05, 0.1) is 17.7 Å². The Bertz CT molecular complexity index is 632. The molecule has 1 aliphatic rings. The van der Waals surface area contributed by atoms with Crippen molar-refractivity contribution >= 4 is 17.3 Å². The van der Waals surface area contributed by atoms with Crippen LogP contribution in [-0.2, 0) is 0 Å². The number of hydrogen-bond acceptors (Lipinski definition) is 2. The zero-order chi connectivity index (χ0) is 14.1. The molecule has 0 radical (unpaired) electrons. The van der Waals surface area contributed by atoms with E-state index in [1.807, 2.05) is 24.3 Å². The second kappa shape index (κ2) is 5.33. The molecule has 2 unspecified atom stereocenters. The largest absolute Gasteiger partial charge is 0.493 e. The van der Waals surface area contributed by atoms with Gasteiger partial charge in [0, 0.05) is 17.2 Å². The topological polar surface area (TPSA) is 21.3 Å². The number of rotatable bonds is 2. The first kappa shape index (κ1) is 13.3. The van der Waals surface area contributed by atoms with Crippen molar-refractivity contribution in [1.29, 1.82) is 0 Å². The molecule has 1 N–H and O–H groups in total. The summed E-state index contributed by atoms with van der Waals surface area (Å²) in [4.78, 5) is 0. The lowest BCUT2D eigenvalue weighted by Crippen LogP contribution is -2.28. The van der Waals surface area contributed by atoms with E-state index in [0.29, 0.717) is 12.5 Å². The summed E-state index contributed by atoms with van der Waals surface area (Å²) in [7, 11) is 0. The average Bonchev–Trinajstić information content (AvgIpc) is 2.46. The highest BCUT2D eigenvalue weighted by molar-refractivity contribution is 6.30. The van der Waals surface area contributed by atoms with Crippen molar-refractivity contribution in [3.63, 3.8) is 0 Å². The number of halogens is 2.